The number of para-hydroxylation sites is 2. The van der Waals surface area contributed by atoms with Crippen molar-refractivity contribution >= 4 is 33.8 Å². The summed E-state index contributed by atoms with van der Waals surface area (Å²) in [5.41, 5.74) is 4.23. The van der Waals surface area contributed by atoms with Crippen LogP contribution in [0.25, 0.3) is 27.9 Å². The number of H-pyrrole nitrogens is 1. The highest BCUT2D eigenvalue weighted by atomic mass is 32.1. The molecule has 5 rings (SSSR count). The number of rotatable bonds is 4. The molecule has 0 saturated carbocycles. The van der Waals surface area contributed by atoms with Crippen molar-refractivity contribution < 1.29 is 5.11 Å². The number of benzene rings is 2. The molecule has 6 nitrogen and oxygen atoms in total. The van der Waals surface area contributed by atoms with E-state index in [4.69, 9.17) is 5.41 Å². The van der Waals surface area contributed by atoms with Crippen LogP contribution < -0.4 is 0 Å². The quantitative estimate of drug-likeness (QED) is 0.448. The van der Waals surface area contributed by atoms with Gasteiger partial charge in [-0.1, -0.05) is 42.5 Å². The van der Waals surface area contributed by atoms with E-state index in [0.29, 0.717) is 10.6 Å². The molecule has 144 valence electrons. The monoisotopic (exact) mass is 401 g/mol. The van der Waals surface area contributed by atoms with E-state index in [9.17, 15) is 5.11 Å². The molecular formula is C22H19N5OS. The zero-order valence-electron chi connectivity index (χ0n) is 15.8. The van der Waals surface area contributed by atoms with Gasteiger partial charge >= 0.3 is 0 Å². The van der Waals surface area contributed by atoms with Crippen LogP contribution in [-0.2, 0) is 0 Å². The average Bonchev–Trinajstić information content (AvgIpc) is 3.45. The number of nitrogens with zero attached hydrogens (tertiary/aromatic N) is 3. The Labute approximate surface area is 171 Å². The first-order valence-corrected chi connectivity index (χ1v) is 10.2. The molecule has 29 heavy (non-hydrogen) atoms. The van der Waals surface area contributed by atoms with Crippen molar-refractivity contribution in [3.8, 4) is 11.3 Å². The lowest BCUT2D eigenvalue weighted by Crippen LogP contribution is -2.30. The summed E-state index contributed by atoms with van der Waals surface area (Å²) in [5.74, 6) is 1.21. The zero-order valence-corrected chi connectivity index (χ0v) is 16.6. The lowest BCUT2D eigenvalue weighted by Gasteiger charge is -2.24. The maximum absolute atomic E-state index is 10.6. The molecule has 1 unspecified atom stereocenters. The minimum absolute atomic E-state index is 0.173. The normalized spacial score (nSPS) is 15.5. The predicted octanol–water partition coefficient (Wildman–Crippen LogP) is 5.01. The van der Waals surface area contributed by atoms with E-state index in [2.05, 4.69) is 15.0 Å². The summed E-state index contributed by atoms with van der Waals surface area (Å²) >= 11 is 1.44. The Morgan fingerprint density at radius 2 is 1.86 bits per heavy atom. The SMILES string of the molecule is CC(c1nc2ccccc2[nH]1)N1CC(O)=C(c2nc(-c3ccccc3)cs2)C1=N. The third kappa shape index (κ3) is 3.00. The van der Waals surface area contributed by atoms with Gasteiger partial charge in [-0.3, -0.25) is 5.41 Å². The molecule has 0 aliphatic carbocycles. The van der Waals surface area contributed by atoms with Gasteiger partial charge in [0.25, 0.3) is 0 Å². The fourth-order valence-corrected chi connectivity index (χ4v) is 4.50. The summed E-state index contributed by atoms with van der Waals surface area (Å²) in [6, 6.07) is 17.6. The van der Waals surface area contributed by atoms with Crippen LogP contribution >= 0.6 is 11.3 Å². The highest BCUT2D eigenvalue weighted by molar-refractivity contribution is 7.11. The third-order valence-electron chi connectivity index (χ3n) is 5.19. The number of aliphatic hydroxyl groups excluding tert-OH is 1. The fraction of sp³-hybridized carbons (Fsp3) is 0.136. The van der Waals surface area contributed by atoms with Gasteiger partial charge in [-0.05, 0) is 19.1 Å². The van der Waals surface area contributed by atoms with Gasteiger partial charge in [-0.25, -0.2) is 9.97 Å². The van der Waals surface area contributed by atoms with Crippen molar-refractivity contribution in [3.63, 3.8) is 0 Å². The van der Waals surface area contributed by atoms with E-state index in [0.717, 1.165) is 28.1 Å². The molecule has 0 amide bonds. The van der Waals surface area contributed by atoms with Gasteiger partial charge < -0.3 is 15.0 Å². The highest BCUT2D eigenvalue weighted by Crippen LogP contribution is 2.35. The van der Waals surface area contributed by atoms with Gasteiger partial charge in [0.15, 0.2) is 0 Å². The Morgan fingerprint density at radius 3 is 2.66 bits per heavy atom. The fourth-order valence-electron chi connectivity index (χ4n) is 3.60. The Kier molecular flexibility index (Phi) is 4.17. The summed E-state index contributed by atoms with van der Waals surface area (Å²) in [4.78, 5) is 14.5. The summed E-state index contributed by atoms with van der Waals surface area (Å²) < 4.78 is 0. The molecule has 0 bridgehead atoms. The first kappa shape index (κ1) is 17.6. The third-order valence-corrected chi connectivity index (χ3v) is 6.05. The summed E-state index contributed by atoms with van der Waals surface area (Å²) in [7, 11) is 0. The number of hydrogen-bond acceptors (Lipinski definition) is 5. The van der Waals surface area contributed by atoms with Crippen LogP contribution in [0.4, 0.5) is 0 Å². The van der Waals surface area contributed by atoms with E-state index in [1.165, 1.54) is 11.3 Å². The minimum Gasteiger partial charge on any atom is -0.510 e. The number of aliphatic hydroxyl groups is 1. The van der Waals surface area contributed by atoms with Gasteiger partial charge in [0.2, 0.25) is 0 Å². The van der Waals surface area contributed by atoms with E-state index >= 15 is 0 Å². The first-order valence-electron chi connectivity index (χ1n) is 9.35. The molecule has 7 heteroatoms. The maximum Gasteiger partial charge on any atom is 0.135 e. The smallest absolute Gasteiger partial charge is 0.135 e. The van der Waals surface area contributed by atoms with Crippen molar-refractivity contribution in [1.82, 2.24) is 19.9 Å². The van der Waals surface area contributed by atoms with Crippen LogP contribution in [0.3, 0.4) is 0 Å². The number of amidine groups is 1. The molecule has 1 aliphatic heterocycles. The standard InChI is InChI=1S/C22H19N5OS/c1-13(21-24-15-9-5-6-10-16(15)25-21)27-11-18(28)19(20(27)23)22-26-17(12-29-22)14-7-3-2-4-8-14/h2-10,12-13,23,28H,11H2,1H3,(H,24,25). The van der Waals surface area contributed by atoms with Gasteiger partial charge in [0.05, 0.1) is 34.9 Å². The molecule has 2 aromatic carbocycles. The topological polar surface area (TPSA) is 88.9 Å². The van der Waals surface area contributed by atoms with Crippen molar-refractivity contribution in [3.05, 3.63) is 76.6 Å². The van der Waals surface area contributed by atoms with Gasteiger partial charge in [-0.2, -0.15) is 0 Å². The van der Waals surface area contributed by atoms with Gasteiger partial charge in [0.1, 0.15) is 22.4 Å². The lowest BCUT2D eigenvalue weighted by molar-refractivity contribution is 0.304. The predicted molar refractivity (Wildman–Crippen MR) is 116 cm³/mol. The summed E-state index contributed by atoms with van der Waals surface area (Å²) in [6.07, 6.45) is 0. The molecule has 0 fully saturated rings. The maximum atomic E-state index is 10.6. The van der Waals surface area contributed by atoms with Crippen LogP contribution in [-0.4, -0.2) is 37.3 Å². The number of thiazole rings is 1. The first-order chi connectivity index (χ1) is 14.1. The van der Waals surface area contributed by atoms with E-state index < -0.39 is 0 Å². The molecular weight excluding hydrogens is 382 g/mol. The molecule has 1 aliphatic rings. The number of aromatic amines is 1. The second-order valence-corrected chi connectivity index (χ2v) is 7.88. The molecule has 3 N–H and O–H groups in total. The van der Waals surface area contributed by atoms with Crippen molar-refractivity contribution in [2.75, 3.05) is 6.54 Å². The van der Waals surface area contributed by atoms with Gasteiger partial charge in [-0.15, -0.1) is 11.3 Å². The van der Waals surface area contributed by atoms with Crippen LogP contribution in [0.1, 0.15) is 23.8 Å². The Morgan fingerprint density at radius 1 is 1.10 bits per heavy atom. The van der Waals surface area contributed by atoms with Crippen LogP contribution in [0.5, 0.6) is 0 Å². The largest absolute Gasteiger partial charge is 0.510 e. The minimum atomic E-state index is -0.178. The summed E-state index contributed by atoms with van der Waals surface area (Å²) in [5, 5.41) is 21.9. The molecule has 0 radical (unpaired) electrons. The zero-order chi connectivity index (χ0) is 20.0. The Hall–Kier alpha value is -3.45. The molecule has 0 saturated heterocycles. The second kappa shape index (κ2) is 6.86. The number of nitrogens with one attached hydrogen (secondary N) is 2. The van der Waals surface area contributed by atoms with E-state index in [-0.39, 0.29) is 24.2 Å². The van der Waals surface area contributed by atoms with Crippen molar-refractivity contribution in [1.29, 1.82) is 5.41 Å². The van der Waals surface area contributed by atoms with Gasteiger partial charge in [0, 0.05) is 10.9 Å². The molecule has 1 atom stereocenters. The van der Waals surface area contributed by atoms with E-state index in [1.54, 1.807) is 0 Å². The lowest BCUT2D eigenvalue weighted by atomic mass is 10.2. The highest BCUT2D eigenvalue weighted by Gasteiger charge is 2.34. The molecule has 2 aromatic heterocycles. The number of hydrogen-bond donors (Lipinski definition) is 3. The molecule has 4 aromatic rings. The second-order valence-electron chi connectivity index (χ2n) is 7.02. The summed E-state index contributed by atoms with van der Waals surface area (Å²) in [6.45, 7) is 2.26. The Balaban J connectivity index is 1.43. The van der Waals surface area contributed by atoms with Crippen LogP contribution in [0.15, 0.2) is 65.7 Å². The number of aromatic nitrogens is 3. The number of imidazole rings is 1. The number of fused-ring (bicyclic) bond motifs is 1. The Bertz CT molecular complexity index is 1210. The van der Waals surface area contributed by atoms with Crippen molar-refractivity contribution in [2.45, 2.75) is 13.0 Å². The van der Waals surface area contributed by atoms with Crippen LogP contribution in [0, 0.1) is 5.41 Å². The van der Waals surface area contributed by atoms with Crippen molar-refractivity contribution in [2.24, 2.45) is 0 Å². The van der Waals surface area contributed by atoms with Crippen LogP contribution in [0.2, 0.25) is 0 Å². The molecule has 3 heterocycles. The average molecular weight is 401 g/mol. The van der Waals surface area contributed by atoms with E-state index in [1.807, 2.05) is 71.8 Å². The molecule has 0 spiro atoms.